The molecule has 4 saturated heterocycles. The smallest absolute Gasteiger partial charge is 0.410 e. The van der Waals surface area contributed by atoms with E-state index in [1.54, 1.807) is 30.6 Å². The number of nitrogens with zero attached hydrogens (tertiary/aromatic N) is 3. The van der Waals surface area contributed by atoms with Gasteiger partial charge < -0.3 is 54.3 Å². The molecule has 52 heavy (non-hydrogen) atoms. The van der Waals surface area contributed by atoms with E-state index in [9.17, 15) is 23.2 Å². The number of hydrogen-bond acceptors (Lipinski definition) is 11. The summed E-state index contributed by atoms with van der Waals surface area (Å²) in [5.74, 6) is 0. The minimum atomic E-state index is -1.36. The number of carbonyl (C=O) groups is 3. The molecule has 6 unspecified atom stereocenters. The molecule has 0 radical (unpaired) electrons. The van der Waals surface area contributed by atoms with Gasteiger partial charge in [-0.1, -0.05) is 34.4 Å². The van der Waals surface area contributed by atoms with Gasteiger partial charge in [0.1, 0.15) is 47.5 Å². The number of β-amino-alcohol motifs (C(OH)–C–C–N with tert-alkyl or cyclic N) is 2. The number of fused-ring (bicyclic) bond motifs is 1. The van der Waals surface area contributed by atoms with Gasteiger partial charge in [-0.05, 0) is 62.3 Å². The topological polar surface area (TPSA) is 174 Å². The highest BCUT2D eigenvalue weighted by Crippen LogP contribution is 2.31. The van der Waals surface area contributed by atoms with Crippen molar-refractivity contribution in [1.82, 2.24) is 20.0 Å². The monoisotopic (exact) mass is 780 g/mol. The summed E-state index contributed by atoms with van der Waals surface area (Å²) in [5.41, 5.74) is -1.37. The Morgan fingerprint density at radius 3 is 1.27 bits per heavy atom. The Hall–Kier alpha value is -2.50. The predicted octanol–water partition coefficient (Wildman–Crippen LogP) is 4.96. The standard InChI is InChI=1S/C9H16FNO3.C9H15NO3.C9H15NO2.C4H8FNO.CH4O.3CH4.ClH/c1-9(2,3)14-8(13)11-4-6(10)7(12)5-11;1-9(2,3)13-8(11)10-4-6-7(5-10)12-6;1-9(2,3)12-8(11)10-6-4-5-7-10;5-3-1-6-2-4(3)7;1-2;;;;/h6-7,12H,4-5H2,1-3H3;6-7H,4-5H2,1-3H3;4-5H,6-7H2,1-3H3;3-4,6-7H,1-2H2;2H,1H3;3*1H4;1H. The average Bonchev–Trinajstić information content (AvgIpc) is 3.44. The van der Waals surface area contributed by atoms with Gasteiger partial charge in [0.05, 0.1) is 32.3 Å². The number of rotatable bonds is 0. The number of alkyl halides is 2. The maximum Gasteiger partial charge on any atom is 0.410 e. The van der Waals surface area contributed by atoms with Crippen LogP contribution in [0.5, 0.6) is 0 Å². The number of morpholine rings is 1. The summed E-state index contributed by atoms with van der Waals surface area (Å²) in [7, 11) is 1.00. The summed E-state index contributed by atoms with van der Waals surface area (Å²) in [6, 6.07) is 0. The van der Waals surface area contributed by atoms with Crippen molar-refractivity contribution in [2.45, 2.75) is 138 Å². The van der Waals surface area contributed by atoms with Crippen LogP contribution >= 0.6 is 12.4 Å². The Bertz CT molecular complexity index is 1020. The van der Waals surface area contributed by atoms with Gasteiger partial charge in [0.25, 0.3) is 0 Å². The van der Waals surface area contributed by atoms with Gasteiger partial charge in [-0.3, -0.25) is 0 Å². The fourth-order valence-corrected chi connectivity index (χ4v) is 4.29. The first kappa shape index (κ1) is 56.2. The molecule has 3 amide bonds. The molecule has 0 aromatic heterocycles. The van der Waals surface area contributed by atoms with Crippen molar-refractivity contribution < 1.29 is 57.4 Å². The Labute approximate surface area is 317 Å². The Morgan fingerprint density at radius 1 is 0.635 bits per heavy atom. The van der Waals surface area contributed by atoms with Gasteiger partial charge in [0.15, 0.2) is 0 Å². The van der Waals surface area contributed by atoms with E-state index >= 15 is 0 Å². The summed E-state index contributed by atoms with van der Waals surface area (Å²) in [5, 5.41) is 27.3. The largest absolute Gasteiger partial charge is 0.444 e. The van der Waals surface area contributed by atoms with Crippen molar-refractivity contribution in [3.8, 4) is 0 Å². The molecule has 4 fully saturated rings. The third-order valence-electron chi connectivity index (χ3n) is 6.59. The second-order valence-electron chi connectivity index (χ2n) is 14.7. The number of likely N-dealkylation sites (tertiary alicyclic amines) is 2. The lowest BCUT2D eigenvalue weighted by Gasteiger charge is -2.24. The summed E-state index contributed by atoms with van der Waals surface area (Å²) in [6.45, 7) is 19.8. The molecule has 6 atom stereocenters. The number of ether oxygens (including phenoxy) is 4. The highest BCUT2D eigenvalue weighted by molar-refractivity contribution is 5.85. The quantitative estimate of drug-likeness (QED) is 0.149. The molecule has 312 valence electrons. The van der Waals surface area contributed by atoms with E-state index in [2.05, 4.69) is 5.32 Å². The molecular weight excluding hydrogens is 710 g/mol. The van der Waals surface area contributed by atoms with Crippen LogP contribution in [-0.4, -0.2) is 161 Å². The molecule has 4 N–H and O–H groups in total. The van der Waals surface area contributed by atoms with Crippen molar-refractivity contribution in [2.75, 3.05) is 59.5 Å². The van der Waals surface area contributed by atoms with Crippen molar-refractivity contribution in [3.63, 3.8) is 0 Å². The average molecular weight is 781 g/mol. The Balaban J connectivity index is -0.000000289. The van der Waals surface area contributed by atoms with E-state index in [0.29, 0.717) is 39.3 Å². The molecule has 0 aromatic rings. The molecule has 5 rings (SSSR count). The fourth-order valence-electron chi connectivity index (χ4n) is 4.29. The van der Waals surface area contributed by atoms with Crippen LogP contribution in [0.15, 0.2) is 12.2 Å². The number of amides is 3. The van der Waals surface area contributed by atoms with Crippen LogP contribution in [-0.2, 0) is 18.9 Å². The van der Waals surface area contributed by atoms with Gasteiger partial charge in [0, 0.05) is 33.3 Å². The van der Waals surface area contributed by atoms with Crippen molar-refractivity contribution >= 4 is 30.7 Å². The number of halogens is 3. The molecule has 5 aliphatic heterocycles. The Morgan fingerprint density at radius 2 is 1.00 bits per heavy atom. The minimum Gasteiger partial charge on any atom is -0.444 e. The fraction of sp³-hybridized carbons (Fsp3) is 0.857. The second kappa shape index (κ2) is 24.7. The number of carbonyl (C=O) groups excluding carboxylic acids is 3. The SMILES string of the molecule is C.C.C.CC(C)(C)OC(=O)N1CC(O)C(F)C1.CC(C)(C)OC(=O)N1CC2OC2C1.CC(C)(C)OC(=O)N1CC=CC1.CO.Cl.OC1CNCC1F. The molecule has 0 bridgehead atoms. The van der Waals surface area contributed by atoms with Crippen LogP contribution in [0.4, 0.5) is 23.2 Å². The van der Waals surface area contributed by atoms with Crippen molar-refractivity contribution in [3.05, 3.63) is 12.2 Å². The molecule has 0 saturated carbocycles. The van der Waals surface area contributed by atoms with E-state index in [1.165, 1.54) is 4.90 Å². The van der Waals surface area contributed by atoms with Crippen LogP contribution in [0.25, 0.3) is 0 Å². The van der Waals surface area contributed by atoms with Crippen molar-refractivity contribution in [1.29, 1.82) is 0 Å². The Kier molecular flexibility index (Phi) is 26.8. The third kappa shape index (κ3) is 22.5. The van der Waals surface area contributed by atoms with Crippen LogP contribution in [0.2, 0.25) is 0 Å². The summed E-state index contributed by atoms with van der Waals surface area (Å²) < 4.78 is 45.5. The minimum absolute atomic E-state index is 0. The highest BCUT2D eigenvalue weighted by atomic mass is 35.5. The van der Waals surface area contributed by atoms with E-state index < -0.39 is 41.8 Å². The summed E-state index contributed by atoms with van der Waals surface area (Å²) in [6.07, 6.45) is -0.772. The second-order valence-corrected chi connectivity index (χ2v) is 14.7. The molecule has 0 aromatic carbocycles. The van der Waals surface area contributed by atoms with Crippen LogP contribution in [0.3, 0.4) is 0 Å². The first-order valence-electron chi connectivity index (χ1n) is 16.1. The van der Waals surface area contributed by atoms with Gasteiger partial charge >= 0.3 is 18.3 Å². The number of epoxide rings is 1. The molecule has 0 spiro atoms. The maximum atomic E-state index is 12.9. The number of nitrogens with one attached hydrogen (secondary N) is 1. The maximum absolute atomic E-state index is 12.9. The predicted molar refractivity (Wildman–Crippen MR) is 201 cm³/mol. The van der Waals surface area contributed by atoms with E-state index in [4.69, 9.17) is 34.3 Å². The lowest BCUT2D eigenvalue weighted by Crippen LogP contribution is -2.37. The molecule has 17 heteroatoms. The molecular formula is C35H71ClF2N4O10. The van der Waals surface area contributed by atoms with Gasteiger partial charge in [-0.25, -0.2) is 23.2 Å². The first-order valence-corrected chi connectivity index (χ1v) is 16.1. The molecule has 14 nitrogen and oxygen atoms in total. The first-order chi connectivity index (χ1) is 22.0. The van der Waals surface area contributed by atoms with E-state index in [0.717, 1.165) is 7.11 Å². The zero-order chi connectivity index (χ0) is 37.0. The lowest BCUT2D eigenvalue weighted by molar-refractivity contribution is 0.0227. The summed E-state index contributed by atoms with van der Waals surface area (Å²) in [4.78, 5) is 38.7. The third-order valence-corrected chi connectivity index (χ3v) is 6.59. The lowest BCUT2D eigenvalue weighted by atomic mass is 10.2. The summed E-state index contributed by atoms with van der Waals surface area (Å²) >= 11 is 0. The van der Waals surface area contributed by atoms with Crippen LogP contribution in [0.1, 0.15) is 84.6 Å². The number of aliphatic hydroxyl groups is 3. The zero-order valence-electron chi connectivity index (χ0n) is 30.5. The normalized spacial score (nSPS) is 25.0. The molecule has 0 aliphatic carbocycles. The van der Waals surface area contributed by atoms with Crippen LogP contribution in [0, 0.1) is 0 Å². The highest BCUT2D eigenvalue weighted by Gasteiger charge is 2.49. The van der Waals surface area contributed by atoms with Gasteiger partial charge in [-0.2, -0.15) is 0 Å². The molecule has 5 heterocycles. The van der Waals surface area contributed by atoms with E-state index in [1.807, 2.05) is 53.7 Å². The van der Waals surface area contributed by atoms with Crippen LogP contribution < -0.4 is 5.32 Å². The molecule has 5 aliphatic rings. The van der Waals surface area contributed by atoms with Crippen molar-refractivity contribution in [2.24, 2.45) is 0 Å². The van der Waals surface area contributed by atoms with Gasteiger partial charge in [0.2, 0.25) is 0 Å². The zero-order valence-corrected chi connectivity index (χ0v) is 31.3. The van der Waals surface area contributed by atoms with Gasteiger partial charge in [-0.15, -0.1) is 12.4 Å². The number of aliphatic hydroxyl groups excluding tert-OH is 3. The number of hydrogen-bond donors (Lipinski definition) is 4. The van der Waals surface area contributed by atoms with E-state index in [-0.39, 0.29) is 77.8 Å².